The molecule has 0 radical (unpaired) electrons. The van der Waals surface area contributed by atoms with Crippen molar-refractivity contribution in [2.75, 3.05) is 5.73 Å². The van der Waals surface area contributed by atoms with E-state index in [1.165, 1.54) is 11.8 Å². The molecular weight excluding hydrogens is 240 g/mol. The van der Waals surface area contributed by atoms with Crippen LogP contribution in [-0.4, -0.2) is 25.2 Å². The molecule has 0 saturated heterocycles. The zero-order valence-electron chi connectivity index (χ0n) is 8.86. The Morgan fingerprint density at radius 3 is 3.06 bits per heavy atom. The standard InChI is InChI=1S/C9H8N6OS/c1-15-8(12-13-14-15)17-9-11-6-4-5(10)2-3-7(6)16-9/h2-4H,10H2,1H3. The predicted molar refractivity (Wildman–Crippen MR) is 61.3 cm³/mol. The number of aromatic nitrogens is 5. The van der Waals surface area contributed by atoms with Gasteiger partial charge in [0.2, 0.25) is 5.16 Å². The van der Waals surface area contributed by atoms with Gasteiger partial charge in [-0.3, -0.25) is 0 Å². The van der Waals surface area contributed by atoms with Crippen LogP contribution in [0.5, 0.6) is 0 Å². The van der Waals surface area contributed by atoms with Gasteiger partial charge in [0.15, 0.2) is 5.58 Å². The third-order valence-corrected chi connectivity index (χ3v) is 3.03. The lowest BCUT2D eigenvalue weighted by atomic mass is 10.3. The van der Waals surface area contributed by atoms with Gasteiger partial charge in [-0.1, -0.05) is 0 Å². The number of oxazole rings is 1. The van der Waals surface area contributed by atoms with E-state index < -0.39 is 0 Å². The molecule has 17 heavy (non-hydrogen) atoms. The summed E-state index contributed by atoms with van der Waals surface area (Å²) in [5.41, 5.74) is 7.74. The molecule has 3 aromatic rings. The van der Waals surface area contributed by atoms with Crippen LogP contribution in [-0.2, 0) is 7.05 Å². The molecule has 0 aliphatic rings. The molecule has 1 aromatic carbocycles. The van der Waals surface area contributed by atoms with E-state index in [0.29, 0.717) is 21.6 Å². The van der Waals surface area contributed by atoms with Gasteiger partial charge < -0.3 is 10.2 Å². The van der Waals surface area contributed by atoms with Crippen LogP contribution in [0, 0.1) is 0 Å². The molecule has 0 amide bonds. The fraction of sp³-hybridized carbons (Fsp3) is 0.111. The number of anilines is 1. The number of hydrogen-bond donors (Lipinski definition) is 1. The Hall–Kier alpha value is -2.09. The van der Waals surface area contributed by atoms with Gasteiger partial charge in [0.25, 0.3) is 5.22 Å². The molecule has 0 unspecified atom stereocenters. The number of nitrogens with two attached hydrogens (primary N) is 1. The van der Waals surface area contributed by atoms with E-state index in [2.05, 4.69) is 20.5 Å². The van der Waals surface area contributed by atoms with E-state index in [9.17, 15) is 0 Å². The van der Waals surface area contributed by atoms with Crippen molar-refractivity contribution in [2.45, 2.75) is 10.4 Å². The molecule has 86 valence electrons. The minimum atomic E-state index is 0.489. The van der Waals surface area contributed by atoms with Crippen LogP contribution < -0.4 is 5.73 Å². The first-order chi connectivity index (χ1) is 8.22. The van der Waals surface area contributed by atoms with Crippen molar-refractivity contribution in [2.24, 2.45) is 7.05 Å². The second-order valence-electron chi connectivity index (χ2n) is 3.39. The van der Waals surface area contributed by atoms with Crippen LogP contribution in [0.2, 0.25) is 0 Å². The number of aryl methyl sites for hydroxylation is 1. The highest BCUT2D eigenvalue weighted by Gasteiger charge is 2.11. The number of tetrazole rings is 1. The minimum Gasteiger partial charge on any atom is -0.431 e. The Labute approximate surface area is 100.0 Å². The Bertz CT molecular complexity index is 675. The van der Waals surface area contributed by atoms with Crippen molar-refractivity contribution in [3.8, 4) is 0 Å². The highest BCUT2D eigenvalue weighted by atomic mass is 32.2. The smallest absolute Gasteiger partial charge is 0.264 e. The van der Waals surface area contributed by atoms with Gasteiger partial charge in [-0.05, 0) is 28.6 Å². The average Bonchev–Trinajstić information content (AvgIpc) is 2.85. The summed E-state index contributed by atoms with van der Waals surface area (Å²) in [6.07, 6.45) is 0. The molecule has 0 atom stereocenters. The first-order valence-electron chi connectivity index (χ1n) is 4.78. The Morgan fingerprint density at radius 2 is 2.29 bits per heavy atom. The second-order valence-corrected chi connectivity index (χ2v) is 4.31. The zero-order valence-corrected chi connectivity index (χ0v) is 9.68. The molecule has 0 bridgehead atoms. The van der Waals surface area contributed by atoms with Crippen LogP contribution in [0.3, 0.4) is 0 Å². The zero-order chi connectivity index (χ0) is 11.8. The number of fused-ring (bicyclic) bond motifs is 1. The first-order valence-corrected chi connectivity index (χ1v) is 5.60. The van der Waals surface area contributed by atoms with E-state index in [-0.39, 0.29) is 0 Å². The average molecular weight is 248 g/mol. The predicted octanol–water partition coefficient (Wildman–Crippen LogP) is 1.08. The third-order valence-electron chi connectivity index (χ3n) is 2.15. The van der Waals surface area contributed by atoms with Gasteiger partial charge >= 0.3 is 0 Å². The highest BCUT2D eigenvalue weighted by molar-refractivity contribution is 7.99. The maximum absolute atomic E-state index is 5.67. The number of rotatable bonds is 2. The normalized spacial score (nSPS) is 11.1. The van der Waals surface area contributed by atoms with E-state index in [0.717, 1.165) is 5.52 Å². The number of benzene rings is 1. The van der Waals surface area contributed by atoms with E-state index in [1.54, 1.807) is 29.9 Å². The van der Waals surface area contributed by atoms with Crippen molar-refractivity contribution < 1.29 is 4.42 Å². The molecule has 0 aliphatic heterocycles. The van der Waals surface area contributed by atoms with Gasteiger partial charge in [0, 0.05) is 24.5 Å². The monoisotopic (exact) mass is 248 g/mol. The Morgan fingerprint density at radius 1 is 1.41 bits per heavy atom. The van der Waals surface area contributed by atoms with Gasteiger partial charge in [-0.2, -0.15) is 0 Å². The van der Waals surface area contributed by atoms with Crippen molar-refractivity contribution >= 4 is 28.5 Å². The van der Waals surface area contributed by atoms with Gasteiger partial charge in [-0.25, -0.2) is 9.67 Å². The fourth-order valence-corrected chi connectivity index (χ4v) is 2.03. The van der Waals surface area contributed by atoms with Crippen LogP contribution in [0.25, 0.3) is 11.1 Å². The first kappa shape index (κ1) is 10.1. The molecule has 7 nitrogen and oxygen atoms in total. The summed E-state index contributed by atoms with van der Waals surface area (Å²) >= 11 is 1.26. The lowest BCUT2D eigenvalue weighted by Gasteiger charge is -1.91. The Balaban J connectivity index is 1.99. The SMILES string of the molecule is Cn1nnnc1Sc1nc2cc(N)ccc2o1. The number of nitrogen functional groups attached to an aromatic ring is 1. The molecule has 2 heterocycles. The van der Waals surface area contributed by atoms with Gasteiger partial charge in [0.1, 0.15) is 5.52 Å². The largest absolute Gasteiger partial charge is 0.431 e. The Kier molecular flexibility index (Phi) is 2.22. The van der Waals surface area contributed by atoms with Crippen molar-refractivity contribution in [3.05, 3.63) is 18.2 Å². The number of hydrogen-bond acceptors (Lipinski definition) is 7. The highest BCUT2D eigenvalue weighted by Crippen LogP contribution is 2.28. The molecule has 2 aromatic heterocycles. The van der Waals surface area contributed by atoms with Crippen molar-refractivity contribution in [1.82, 2.24) is 25.2 Å². The second kappa shape index (κ2) is 3.74. The minimum absolute atomic E-state index is 0.489. The maximum Gasteiger partial charge on any atom is 0.264 e. The van der Waals surface area contributed by atoms with Crippen LogP contribution in [0.1, 0.15) is 0 Å². The molecule has 3 rings (SSSR count). The van der Waals surface area contributed by atoms with Crippen molar-refractivity contribution in [3.63, 3.8) is 0 Å². The fourth-order valence-electron chi connectivity index (χ4n) is 1.35. The molecule has 0 saturated carbocycles. The summed E-state index contributed by atoms with van der Waals surface area (Å²) in [6.45, 7) is 0. The molecule has 0 fully saturated rings. The van der Waals surface area contributed by atoms with Gasteiger partial charge in [0.05, 0.1) is 0 Å². The summed E-state index contributed by atoms with van der Waals surface area (Å²) in [5.74, 6) is 0. The summed E-state index contributed by atoms with van der Waals surface area (Å²) in [5, 5.41) is 12.2. The van der Waals surface area contributed by atoms with E-state index >= 15 is 0 Å². The lowest BCUT2D eigenvalue weighted by molar-refractivity contribution is 0.487. The third kappa shape index (κ3) is 1.82. The molecule has 0 aliphatic carbocycles. The molecule has 8 heteroatoms. The summed E-state index contributed by atoms with van der Waals surface area (Å²) in [7, 11) is 1.75. The molecule has 0 spiro atoms. The topological polar surface area (TPSA) is 95.7 Å². The maximum atomic E-state index is 5.67. The summed E-state index contributed by atoms with van der Waals surface area (Å²) in [6, 6.07) is 5.32. The van der Waals surface area contributed by atoms with Crippen molar-refractivity contribution in [1.29, 1.82) is 0 Å². The molecule has 2 N–H and O–H groups in total. The van der Waals surface area contributed by atoms with E-state index in [4.69, 9.17) is 10.2 Å². The lowest BCUT2D eigenvalue weighted by Crippen LogP contribution is -1.92. The van der Waals surface area contributed by atoms with Crippen LogP contribution in [0.15, 0.2) is 33.0 Å². The summed E-state index contributed by atoms with van der Waals surface area (Å²) < 4.78 is 7.09. The van der Waals surface area contributed by atoms with Crippen LogP contribution >= 0.6 is 11.8 Å². The number of nitrogens with zero attached hydrogens (tertiary/aromatic N) is 5. The summed E-state index contributed by atoms with van der Waals surface area (Å²) in [4.78, 5) is 4.30. The van der Waals surface area contributed by atoms with Crippen LogP contribution in [0.4, 0.5) is 5.69 Å². The quantitative estimate of drug-likeness (QED) is 0.678. The van der Waals surface area contributed by atoms with Gasteiger partial charge in [-0.15, -0.1) is 5.10 Å². The van der Waals surface area contributed by atoms with E-state index in [1.807, 2.05) is 0 Å². The molecular formula is C9H8N6OS.